The van der Waals surface area contributed by atoms with Crippen LogP contribution in [0.5, 0.6) is 0 Å². The van der Waals surface area contributed by atoms with E-state index in [2.05, 4.69) is 52.1 Å². The molecule has 0 fully saturated rings. The zero-order chi connectivity index (χ0) is 29.0. The molecule has 2 heteroatoms. The van der Waals surface area contributed by atoms with Gasteiger partial charge < -0.3 is 0 Å². The van der Waals surface area contributed by atoms with E-state index < -0.39 is 0 Å². The minimum atomic E-state index is 0.836. The zero-order valence-electron chi connectivity index (χ0n) is 27.8. The van der Waals surface area contributed by atoms with Crippen LogP contribution in [0.25, 0.3) is 0 Å². The molecule has 40 heavy (non-hydrogen) atoms. The predicted molar refractivity (Wildman–Crippen MR) is 204 cm³/mol. The van der Waals surface area contributed by atoms with Gasteiger partial charge in [0, 0.05) is 0 Å². The molecular weight excluding hydrogens is 710 g/mol. The maximum absolute atomic E-state index is 2.55. The highest BCUT2D eigenvalue weighted by atomic mass is 127. The van der Waals surface area contributed by atoms with Gasteiger partial charge in [-0.1, -0.05) is 277 Å². The molecule has 0 aromatic carbocycles. The van der Waals surface area contributed by atoms with Crippen molar-refractivity contribution in [2.45, 2.75) is 240 Å². The fraction of sp³-hybridized carbons (Fsp3) is 1.00. The molecule has 0 spiro atoms. The van der Waals surface area contributed by atoms with Crippen molar-refractivity contribution in [3.8, 4) is 0 Å². The molecule has 0 heterocycles. The molecule has 0 unspecified atom stereocenters. The van der Waals surface area contributed by atoms with Crippen molar-refractivity contribution in [1.82, 2.24) is 0 Å². The van der Waals surface area contributed by atoms with Gasteiger partial charge in [-0.15, -0.1) is 0 Å². The van der Waals surface area contributed by atoms with Crippen LogP contribution in [-0.2, 0) is 0 Å². The summed E-state index contributed by atoms with van der Waals surface area (Å²) < 4.78 is 0.836. The number of hydrogen-bond donors (Lipinski definition) is 0. The molecule has 0 saturated carbocycles. The molecule has 0 radical (unpaired) electrons. The largest absolute Gasteiger partial charge is 0.0710 e. The summed E-state index contributed by atoms with van der Waals surface area (Å²) in [6.07, 6.45) is 53.3. The quantitative estimate of drug-likeness (QED) is 0.0337. The third kappa shape index (κ3) is 39.5. The Hall–Kier alpha value is 1.46. The van der Waals surface area contributed by atoms with Crippen LogP contribution in [0.3, 0.4) is 0 Å². The van der Waals surface area contributed by atoms with E-state index in [1.807, 2.05) is 0 Å². The van der Waals surface area contributed by atoms with E-state index in [1.54, 1.807) is 0 Å². The van der Waals surface area contributed by atoms with Gasteiger partial charge in [-0.3, -0.25) is 0 Å². The smallest absolute Gasteiger partial charge is 0.0626 e. The van der Waals surface area contributed by atoms with Gasteiger partial charge in [-0.2, -0.15) is 0 Å². The van der Waals surface area contributed by atoms with E-state index >= 15 is 0 Å². The lowest BCUT2D eigenvalue weighted by Gasteiger charge is -2.05. The predicted octanol–water partition coefficient (Wildman–Crippen LogP) is 16.2. The molecule has 0 aliphatic rings. The van der Waals surface area contributed by atoms with Crippen molar-refractivity contribution in [3.63, 3.8) is 0 Å². The summed E-state index contributed by atoms with van der Waals surface area (Å²) in [5.74, 6) is 0. The molecule has 0 rings (SSSR count). The monoisotopic (exact) mass is 786 g/mol. The van der Waals surface area contributed by atoms with Gasteiger partial charge in [0.2, 0.25) is 0 Å². The van der Waals surface area contributed by atoms with Crippen LogP contribution in [0.2, 0.25) is 0 Å². The van der Waals surface area contributed by atoms with Crippen molar-refractivity contribution in [3.05, 3.63) is 0 Å². The lowest BCUT2D eigenvalue weighted by atomic mass is 10.0. The Morgan fingerprint density at radius 2 is 0.400 bits per heavy atom. The summed E-state index contributed by atoms with van der Waals surface area (Å²) in [4.78, 5) is 0. The van der Waals surface area contributed by atoms with E-state index in [4.69, 9.17) is 0 Å². The SMILES string of the molecule is CCCCCCCCCCCCCCCCCCCCCCCCCCCCCCCCCCCCCC(I)I. The molecule has 0 bridgehead atoms. The van der Waals surface area contributed by atoms with Crippen molar-refractivity contribution in [2.75, 3.05) is 0 Å². The molecule has 0 aliphatic carbocycles. The molecule has 0 N–H and O–H groups in total. The first-order valence-corrected chi connectivity index (χ1v) is 21.5. The van der Waals surface area contributed by atoms with Crippen molar-refractivity contribution in [1.29, 1.82) is 0 Å². The van der Waals surface area contributed by atoms with Crippen LogP contribution in [-0.4, -0.2) is 1.93 Å². The molecule has 0 aliphatic heterocycles. The second-order valence-corrected chi connectivity index (χ2v) is 18.6. The third-order valence-corrected chi connectivity index (χ3v) is 10.3. The Morgan fingerprint density at radius 1 is 0.250 bits per heavy atom. The Morgan fingerprint density at radius 3 is 0.550 bits per heavy atom. The number of hydrogen-bond acceptors (Lipinski definition) is 0. The maximum atomic E-state index is 2.55. The Balaban J connectivity index is 3.02. The van der Waals surface area contributed by atoms with E-state index in [9.17, 15) is 0 Å². The van der Waals surface area contributed by atoms with E-state index in [0.717, 1.165) is 1.93 Å². The average molecular weight is 787 g/mol. The van der Waals surface area contributed by atoms with Crippen molar-refractivity contribution in [2.24, 2.45) is 0 Å². The van der Waals surface area contributed by atoms with Crippen LogP contribution in [0, 0.1) is 0 Å². The van der Waals surface area contributed by atoms with E-state index in [1.165, 1.54) is 231 Å². The minimum absolute atomic E-state index is 0.836. The van der Waals surface area contributed by atoms with Gasteiger partial charge in [0.1, 0.15) is 0 Å². The van der Waals surface area contributed by atoms with Gasteiger partial charge in [0.25, 0.3) is 0 Å². The summed E-state index contributed by atoms with van der Waals surface area (Å²) >= 11 is 5.09. The van der Waals surface area contributed by atoms with Crippen LogP contribution in [0.1, 0.15) is 238 Å². The molecule has 0 aromatic rings. The Bertz CT molecular complexity index is 422. The van der Waals surface area contributed by atoms with Gasteiger partial charge >= 0.3 is 0 Å². The van der Waals surface area contributed by atoms with Gasteiger partial charge in [0.15, 0.2) is 0 Å². The zero-order valence-corrected chi connectivity index (χ0v) is 32.1. The van der Waals surface area contributed by atoms with Gasteiger partial charge in [-0.25, -0.2) is 0 Å². The lowest BCUT2D eigenvalue weighted by Crippen LogP contribution is -1.86. The second-order valence-electron chi connectivity index (χ2n) is 13.2. The minimum Gasteiger partial charge on any atom is -0.0710 e. The number of halogens is 2. The first-order chi connectivity index (χ1) is 19.8. The van der Waals surface area contributed by atoms with Crippen LogP contribution in [0.15, 0.2) is 0 Å². The molecule has 0 atom stereocenters. The molecule has 242 valence electrons. The summed E-state index contributed by atoms with van der Waals surface area (Å²) in [7, 11) is 0. The van der Waals surface area contributed by atoms with Gasteiger partial charge in [-0.05, 0) is 6.42 Å². The standard InChI is InChI=1S/C38H76I2/c1-2-3-4-5-6-7-8-9-10-11-12-13-14-15-16-17-18-19-20-21-22-23-24-25-26-27-28-29-30-31-32-33-34-35-36-37-38(39)40/h38H,2-37H2,1H3. The summed E-state index contributed by atoms with van der Waals surface area (Å²) in [5.41, 5.74) is 0. The fourth-order valence-electron chi connectivity index (χ4n) is 6.21. The second kappa shape index (κ2) is 38.5. The van der Waals surface area contributed by atoms with Crippen molar-refractivity contribution >= 4 is 45.2 Å². The highest BCUT2D eigenvalue weighted by Crippen LogP contribution is 2.20. The van der Waals surface area contributed by atoms with Gasteiger partial charge in [0.05, 0.1) is 1.93 Å². The summed E-state index contributed by atoms with van der Waals surface area (Å²) in [6.45, 7) is 2.31. The molecule has 0 saturated heterocycles. The summed E-state index contributed by atoms with van der Waals surface area (Å²) in [6, 6.07) is 0. The number of unbranched alkanes of at least 4 members (excludes halogenated alkanes) is 34. The van der Waals surface area contributed by atoms with Crippen molar-refractivity contribution < 1.29 is 0 Å². The molecule has 0 amide bonds. The lowest BCUT2D eigenvalue weighted by molar-refractivity contribution is 0.511. The highest BCUT2D eigenvalue weighted by Gasteiger charge is 1.99. The average Bonchev–Trinajstić information content (AvgIpc) is 2.95. The molecule has 0 nitrogen and oxygen atoms in total. The highest BCUT2D eigenvalue weighted by molar-refractivity contribution is 14.2. The molecule has 0 aromatic heterocycles. The topological polar surface area (TPSA) is 0 Å². The normalized spacial score (nSPS) is 11.7. The Labute approximate surface area is 283 Å². The number of rotatable bonds is 36. The van der Waals surface area contributed by atoms with E-state index in [-0.39, 0.29) is 0 Å². The maximum Gasteiger partial charge on any atom is 0.0626 e. The van der Waals surface area contributed by atoms with Crippen LogP contribution < -0.4 is 0 Å². The third-order valence-electron chi connectivity index (χ3n) is 9.03. The van der Waals surface area contributed by atoms with Crippen LogP contribution in [0.4, 0.5) is 0 Å². The molecular formula is C38H76I2. The fourth-order valence-corrected chi connectivity index (χ4v) is 7.09. The van der Waals surface area contributed by atoms with Crippen LogP contribution >= 0.6 is 45.2 Å². The Kier molecular flexibility index (Phi) is 39.9. The number of alkyl halides is 2. The van der Waals surface area contributed by atoms with E-state index in [0.29, 0.717) is 0 Å². The first-order valence-electron chi connectivity index (χ1n) is 19.1. The first kappa shape index (κ1) is 41.5. The summed E-state index contributed by atoms with van der Waals surface area (Å²) in [5, 5.41) is 0.